The van der Waals surface area contributed by atoms with Gasteiger partial charge in [-0.3, -0.25) is 19.8 Å². The van der Waals surface area contributed by atoms with Crippen LogP contribution in [0.2, 0.25) is 0 Å². The highest BCUT2D eigenvalue weighted by Crippen LogP contribution is 2.26. The lowest BCUT2D eigenvalue weighted by Gasteiger charge is -2.28. The van der Waals surface area contributed by atoms with Crippen molar-refractivity contribution in [3.8, 4) is 0 Å². The van der Waals surface area contributed by atoms with E-state index >= 15 is 0 Å². The zero-order valence-corrected chi connectivity index (χ0v) is 14.8. The van der Waals surface area contributed by atoms with E-state index in [0.29, 0.717) is 11.4 Å². The van der Waals surface area contributed by atoms with Gasteiger partial charge in [-0.25, -0.2) is 0 Å². The summed E-state index contributed by atoms with van der Waals surface area (Å²) in [6, 6.07) is 12.6. The molecule has 26 heavy (non-hydrogen) atoms. The Morgan fingerprint density at radius 1 is 1.04 bits per heavy atom. The summed E-state index contributed by atoms with van der Waals surface area (Å²) in [7, 11) is 0. The van der Waals surface area contributed by atoms with E-state index in [1.165, 1.54) is 11.0 Å². The minimum Gasteiger partial charge on any atom is -0.441 e. The maximum atomic E-state index is 12.9. The second-order valence-electron chi connectivity index (χ2n) is 6.16. The monoisotopic (exact) mass is 367 g/mol. The summed E-state index contributed by atoms with van der Waals surface area (Å²) in [6.45, 7) is 1.91. The Morgan fingerprint density at radius 2 is 1.77 bits per heavy atom. The predicted molar refractivity (Wildman–Crippen MR) is 103 cm³/mol. The first kappa shape index (κ1) is 16.5. The minimum atomic E-state index is -0.522. The van der Waals surface area contributed by atoms with Crippen molar-refractivity contribution in [1.82, 2.24) is 5.32 Å². The number of nitrogens with one attached hydrogen (secondary N) is 1. The molecule has 1 N–H and O–H groups in total. The Labute approximate surface area is 156 Å². The van der Waals surface area contributed by atoms with Gasteiger partial charge in [0.15, 0.2) is 11.0 Å². The van der Waals surface area contributed by atoms with Crippen molar-refractivity contribution < 1.29 is 14.0 Å². The Morgan fingerprint density at radius 3 is 2.50 bits per heavy atom. The molecule has 2 saturated heterocycles. The summed E-state index contributed by atoms with van der Waals surface area (Å²) < 4.78 is 5.80. The summed E-state index contributed by atoms with van der Waals surface area (Å²) in [4.78, 5) is 28.6. The van der Waals surface area contributed by atoms with Crippen LogP contribution in [0.4, 0.5) is 11.6 Å². The normalized spacial score (nSPS) is 19.4. The Hall–Kier alpha value is -2.93. The number of amides is 2. The molecule has 132 valence electrons. The maximum absolute atomic E-state index is 12.9. The molecule has 0 spiro atoms. The standard InChI is InChI=1S/C19H17N3O3S/c23-17-15(12-14-8-9-16(25-14)21-10-4-5-11-21)18(24)22(19(26)20-17)13-6-2-1-3-7-13/h1-3,6-9,12H,4-5,10-11H2,(H,20,23,26). The molecule has 2 aliphatic rings. The molecular weight excluding hydrogens is 350 g/mol. The lowest BCUT2D eigenvalue weighted by atomic mass is 10.1. The number of hydrogen-bond acceptors (Lipinski definition) is 5. The van der Waals surface area contributed by atoms with E-state index in [2.05, 4.69) is 10.2 Å². The van der Waals surface area contributed by atoms with Gasteiger partial charge in [0.1, 0.15) is 11.3 Å². The molecule has 1 aromatic carbocycles. The number of thiocarbonyl (C=S) groups is 1. The molecule has 0 radical (unpaired) electrons. The molecule has 0 unspecified atom stereocenters. The highest BCUT2D eigenvalue weighted by Gasteiger charge is 2.34. The number of hydrogen-bond donors (Lipinski definition) is 1. The summed E-state index contributed by atoms with van der Waals surface area (Å²) in [5.41, 5.74) is 0.593. The third kappa shape index (κ3) is 3.01. The van der Waals surface area contributed by atoms with Crippen LogP contribution in [0.25, 0.3) is 6.08 Å². The van der Waals surface area contributed by atoms with Crippen molar-refractivity contribution in [1.29, 1.82) is 0 Å². The van der Waals surface area contributed by atoms with Crippen LogP contribution in [-0.4, -0.2) is 30.0 Å². The molecule has 2 fully saturated rings. The number of carbonyl (C=O) groups is 2. The minimum absolute atomic E-state index is 0.00947. The van der Waals surface area contributed by atoms with Crippen molar-refractivity contribution in [3.05, 3.63) is 53.8 Å². The van der Waals surface area contributed by atoms with Gasteiger partial charge in [0.2, 0.25) is 0 Å². The molecule has 0 saturated carbocycles. The summed E-state index contributed by atoms with van der Waals surface area (Å²) in [6.07, 6.45) is 3.75. The Kier molecular flexibility index (Phi) is 4.30. The molecule has 2 aromatic rings. The molecule has 0 aliphatic carbocycles. The number of para-hydroxylation sites is 1. The number of rotatable bonds is 3. The zero-order chi connectivity index (χ0) is 18.1. The summed E-state index contributed by atoms with van der Waals surface area (Å²) in [5, 5.41) is 2.64. The van der Waals surface area contributed by atoms with Gasteiger partial charge < -0.3 is 9.32 Å². The number of carbonyl (C=O) groups excluding carboxylic acids is 2. The third-order valence-electron chi connectivity index (χ3n) is 4.43. The zero-order valence-electron chi connectivity index (χ0n) is 14.0. The first-order valence-electron chi connectivity index (χ1n) is 8.45. The van der Waals surface area contributed by atoms with Crippen molar-refractivity contribution in [3.63, 3.8) is 0 Å². The molecule has 0 atom stereocenters. The smallest absolute Gasteiger partial charge is 0.270 e. The van der Waals surface area contributed by atoms with Gasteiger partial charge in [0.25, 0.3) is 11.8 Å². The van der Waals surface area contributed by atoms with Gasteiger partial charge in [-0.2, -0.15) is 0 Å². The molecule has 3 heterocycles. The van der Waals surface area contributed by atoms with Crippen LogP contribution < -0.4 is 15.1 Å². The maximum Gasteiger partial charge on any atom is 0.270 e. The van der Waals surface area contributed by atoms with Crippen LogP contribution in [0, 0.1) is 0 Å². The highest BCUT2D eigenvalue weighted by molar-refractivity contribution is 7.80. The first-order chi connectivity index (χ1) is 12.6. The lowest BCUT2D eigenvalue weighted by molar-refractivity contribution is -0.122. The van der Waals surface area contributed by atoms with Gasteiger partial charge in [-0.15, -0.1) is 0 Å². The average Bonchev–Trinajstić information content (AvgIpc) is 3.31. The molecule has 4 rings (SSSR count). The molecule has 7 heteroatoms. The fourth-order valence-corrected chi connectivity index (χ4v) is 3.42. The molecule has 0 bridgehead atoms. The van der Waals surface area contributed by atoms with Crippen molar-refractivity contribution in [2.75, 3.05) is 22.9 Å². The van der Waals surface area contributed by atoms with E-state index in [1.807, 2.05) is 12.1 Å². The van der Waals surface area contributed by atoms with Crippen LogP contribution in [0.1, 0.15) is 18.6 Å². The molecular formula is C19H17N3O3S. The van der Waals surface area contributed by atoms with E-state index in [0.717, 1.165) is 31.8 Å². The second-order valence-corrected chi connectivity index (χ2v) is 6.55. The molecule has 6 nitrogen and oxygen atoms in total. The Bertz CT molecular complexity index is 898. The second kappa shape index (κ2) is 6.76. The lowest BCUT2D eigenvalue weighted by Crippen LogP contribution is -2.54. The number of anilines is 2. The van der Waals surface area contributed by atoms with Gasteiger partial charge in [-0.05, 0) is 49.3 Å². The van der Waals surface area contributed by atoms with E-state index in [1.54, 1.807) is 30.3 Å². The van der Waals surface area contributed by atoms with Crippen molar-refractivity contribution in [2.24, 2.45) is 0 Å². The van der Waals surface area contributed by atoms with Crippen molar-refractivity contribution >= 4 is 46.8 Å². The fourth-order valence-electron chi connectivity index (χ4n) is 3.14. The van der Waals surface area contributed by atoms with E-state index < -0.39 is 11.8 Å². The van der Waals surface area contributed by atoms with E-state index in [9.17, 15) is 9.59 Å². The number of furan rings is 1. The topological polar surface area (TPSA) is 65.8 Å². The Balaban J connectivity index is 1.64. The van der Waals surface area contributed by atoms with Crippen LogP contribution in [0.3, 0.4) is 0 Å². The van der Waals surface area contributed by atoms with Gasteiger partial charge in [0, 0.05) is 19.2 Å². The van der Waals surface area contributed by atoms with Crippen LogP contribution in [-0.2, 0) is 9.59 Å². The SMILES string of the molecule is O=C1NC(=S)N(c2ccccc2)C(=O)C1=Cc1ccc(N2CCCC2)o1. The van der Waals surface area contributed by atoms with Crippen LogP contribution >= 0.6 is 12.2 Å². The fraction of sp³-hybridized carbons (Fsp3) is 0.211. The molecule has 2 amide bonds. The first-order valence-corrected chi connectivity index (χ1v) is 8.85. The summed E-state index contributed by atoms with van der Waals surface area (Å²) >= 11 is 5.17. The average molecular weight is 367 g/mol. The quantitative estimate of drug-likeness (QED) is 0.513. The van der Waals surface area contributed by atoms with Gasteiger partial charge >= 0.3 is 0 Å². The molecule has 2 aliphatic heterocycles. The third-order valence-corrected chi connectivity index (χ3v) is 4.72. The van der Waals surface area contributed by atoms with E-state index in [-0.39, 0.29) is 10.7 Å². The van der Waals surface area contributed by atoms with Crippen molar-refractivity contribution in [2.45, 2.75) is 12.8 Å². The van der Waals surface area contributed by atoms with Crippen LogP contribution in [0.15, 0.2) is 52.5 Å². The van der Waals surface area contributed by atoms with Crippen LogP contribution in [0.5, 0.6) is 0 Å². The number of nitrogens with zero attached hydrogens (tertiary/aromatic N) is 2. The number of benzene rings is 1. The highest BCUT2D eigenvalue weighted by atomic mass is 32.1. The summed E-state index contributed by atoms with van der Waals surface area (Å²) in [5.74, 6) is 0.232. The molecule has 1 aromatic heterocycles. The largest absolute Gasteiger partial charge is 0.441 e. The van der Waals surface area contributed by atoms with E-state index in [4.69, 9.17) is 16.6 Å². The predicted octanol–water partition coefficient (Wildman–Crippen LogP) is 2.71. The van der Waals surface area contributed by atoms with Gasteiger partial charge in [0.05, 0.1) is 5.69 Å². The van der Waals surface area contributed by atoms with Gasteiger partial charge in [-0.1, -0.05) is 18.2 Å².